The third kappa shape index (κ3) is 3.59. The molecule has 4 nitrogen and oxygen atoms in total. The summed E-state index contributed by atoms with van der Waals surface area (Å²) in [6.07, 6.45) is 2.32. The number of carbonyl (C=O) groups is 2. The Morgan fingerprint density at radius 1 is 1.00 bits per heavy atom. The van der Waals surface area contributed by atoms with Crippen molar-refractivity contribution in [2.24, 2.45) is 0 Å². The van der Waals surface area contributed by atoms with E-state index in [0.29, 0.717) is 12.8 Å². The SMILES string of the molecule is O=C1CCCCC(=O)[O][Sn][O]1. The molecule has 0 amide bonds. The topological polar surface area (TPSA) is 52.6 Å². The van der Waals surface area contributed by atoms with Crippen molar-refractivity contribution >= 4 is 33.9 Å². The van der Waals surface area contributed by atoms with Gasteiger partial charge in [0.2, 0.25) is 0 Å². The Bertz CT molecular complexity index is 150. The molecule has 11 heavy (non-hydrogen) atoms. The Morgan fingerprint density at radius 2 is 1.45 bits per heavy atom. The summed E-state index contributed by atoms with van der Waals surface area (Å²) in [5.74, 6) is -0.433. The molecule has 1 rings (SSSR count). The Kier molecular flexibility index (Phi) is 3.68. The maximum absolute atomic E-state index is 10.7. The van der Waals surface area contributed by atoms with Gasteiger partial charge in [-0.1, -0.05) is 0 Å². The van der Waals surface area contributed by atoms with Gasteiger partial charge in [-0.05, 0) is 0 Å². The van der Waals surface area contributed by atoms with Crippen LogP contribution >= 0.6 is 0 Å². The van der Waals surface area contributed by atoms with E-state index in [0.717, 1.165) is 12.8 Å². The van der Waals surface area contributed by atoms with Crippen LogP contribution < -0.4 is 0 Å². The summed E-state index contributed by atoms with van der Waals surface area (Å²) >= 11 is -1.62. The second kappa shape index (κ2) is 4.58. The van der Waals surface area contributed by atoms with Gasteiger partial charge in [-0.3, -0.25) is 0 Å². The van der Waals surface area contributed by atoms with Gasteiger partial charge in [0.25, 0.3) is 0 Å². The third-order valence-corrected chi connectivity index (χ3v) is 3.10. The molecule has 0 unspecified atom stereocenters. The van der Waals surface area contributed by atoms with E-state index < -0.39 is 22.0 Å². The molecule has 0 saturated carbocycles. The summed E-state index contributed by atoms with van der Waals surface area (Å²) in [6, 6.07) is 0. The molecule has 5 heteroatoms. The summed E-state index contributed by atoms with van der Waals surface area (Å²) in [6.45, 7) is 0. The van der Waals surface area contributed by atoms with Gasteiger partial charge < -0.3 is 0 Å². The second-order valence-corrected chi connectivity index (χ2v) is 3.88. The Morgan fingerprint density at radius 3 is 1.91 bits per heavy atom. The first-order valence-electron chi connectivity index (χ1n) is 3.43. The van der Waals surface area contributed by atoms with Crippen molar-refractivity contribution in [3.8, 4) is 0 Å². The molecule has 0 spiro atoms. The van der Waals surface area contributed by atoms with Crippen molar-refractivity contribution in [1.82, 2.24) is 0 Å². The molecule has 0 N–H and O–H groups in total. The van der Waals surface area contributed by atoms with Gasteiger partial charge in [-0.25, -0.2) is 0 Å². The fourth-order valence-corrected chi connectivity index (χ4v) is 1.99. The maximum atomic E-state index is 10.7. The average molecular weight is 263 g/mol. The molecule has 1 saturated heterocycles. The van der Waals surface area contributed by atoms with Crippen molar-refractivity contribution < 1.29 is 15.7 Å². The van der Waals surface area contributed by atoms with Crippen LogP contribution in [-0.2, 0) is 15.7 Å². The van der Waals surface area contributed by atoms with Gasteiger partial charge in [-0.15, -0.1) is 0 Å². The van der Waals surface area contributed by atoms with E-state index in [9.17, 15) is 9.59 Å². The van der Waals surface area contributed by atoms with E-state index in [1.807, 2.05) is 0 Å². The normalized spacial score (nSPS) is 20.7. The Hall–Kier alpha value is -0.261. The summed E-state index contributed by atoms with van der Waals surface area (Å²) < 4.78 is 9.44. The van der Waals surface area contributed by atoms with Crippen LogP contribution in [0.15, 0.2) is 0 Å². The van der Waals surface area contributed by atoms with E-state index in [2.05, 4.69) is 0 Å². The summed E-state index contributed by atoms with van der Waals surface area (Å²) in [7, 11) is 0. The number of carbonyl (C=O) groups excluding carboxylic acids is 2. The van der Waals surface area contributed by atoms with Crippen LogP contribution in [0.25, 0.3) is 0 Å². The molecule has 1 aliphatic rings. The van der Waals surface area contributed by atoms with Crippen LogP contribution in [0.1, 0.15) is 25.7 Å². The minimum absolute atomic E-state index is 0.216. The van der Waals surface area contributed by atoms with Gasteiger partial charge in [-0.2, -0.15) is 0 Å². The first-order chi connectivity index (χ1) is 5.29. The van der Waals surface area contributed by atoms with Crippen LogP contribution in [0.4, 0.5) is 0 Å². The molecule has 0 aromatic rings. The van der Waals surface area contributed by atoms with Gasteiger partial charge in [0.15, 0.2) is 0 Å². The second-order valence-electron chi connectivity index (χ2n) is 2.24. The summed E-state index contributed by atoms with van der Waals surface area (Å²) in [4.78, 5) is 21.4. The van der Waals surface area contributed by atoms with Crippen LogP contribution in [0.2, 0.25) is 0 Å². The molecule has 0 atom stereocenters. The van der Waals surface area contributed by atoms with E-state index in [1.165, 1.54) is 0 Å². The monoisotopic (exact) mass is 264 g/mol. The van der Waals surface area contributed by atoms with E-state index in [1.54, 1.807) is 0 Å². The van der Waals surface area contributed by atoms with Crippen molar-refractivity contribution in [3.63, 3.8) is 0 Å². The first-order valence-corrected chi connectivity index (χ1v) is 5.76. The van der Waals surface area contributed by atoms with Crippen LogP contribution in [0, 0.1) is 0 Å². The van der Waals surface area contributed by atoms with Crippen LogP contribution in [0.3, 0.4) is 0 Å². The first kappa shape index (κ1) is 8.83. The van der Waals surface area contributed by atoms with Gasteiger partial charge in [0.05, 0.1) is 0 Å². The van der Waals surface area contributed by atoms with E-state index in [-0.39, 0.29) is 11.9 Å². The molecule has 60 valence electrons. The van der Waals surface area contributed by atoms with E-state index in [4.69, 9.17) is 6.15 Å². The van der Waals surface area contributed by atoms with Crippen LogP contribution in [0.5, 0.6) is 0 Å². The fraction of sp³-hybridized carbons (Fsp3) is 0.667. The fourth-order valence-electron chi connectivity index (χ4n) is 0.755. The zero-order valence-electron chi connectivity index (χ0n) is 5.96. The molecule has 2 radical (unpaired) electrons. The molecule has 0 aliphatic carbocycles. The zero-order chi connectivity index (χ0) is 8.10. The molecular formula is C6H8O4Sn. The quantitative estimate of drug-likeness (QED) is 0.585. The molecular weight excluding hydrogens is 255 g/mol. The Labute approximate surface area is 75.6 Å². The predicted molar refractivity (Wildman–Crippen MR) is 36.4 cm³/mol. The molecule has 0 aromatic heterocycles. The molecule has 1 aliphatic heterocycles. The van der Waals surface area contributed by atoms with Crippen LogP contribution in [-0.4, -0.2) is 33.9 Å². The molecule has 0 bridgehead atoms. The van der Waals surface area contributed by atoms with Gasteiger partial charge >= 0.3 is 75.3 Å². The summed E-state index contributed by atoms with van der Waals surface area (Å²) in [5, 5.41) is 0. The molecule has 0 aromatic carbocycles. The molecule has 1 heterocycles. The predicted octanol–water partition coefficient (Wildman–Crippen LogP) is 0.181. The standard InChI is InChI=1S/C6H10O4.Sn/c7-5(8)3-1-2-4-6(9)10;/h1-4H2,(H,7,8)(H,9,10);/q;+2/p-2. The van der Waals surface area contributed by atoms with Gasteiger partial charge in [0.1, 0.15) is 0 Å². The zero-order valence-corrected chi connectivity index (χ0v) is 8.82. The van der Waals surface area contributed by atoms with Crippen molar-refractivity contribution in [3.05, 3.63) is 0 Å². The third-order valence-electron chi connectivity index (χ3n) is 1.32. The number of hydrogen-bond acceptors (Lipinski definition) is 4. The van der Waals surface area contributed by atoms with Crippen molar-refractivity contribution in [1.29, 1.82) is 0 Å². The Balaban J connectivity index is 2.35. The van der Waals surface area contributed by atoms with Crippen molar-refractivity contribution in [2.75, 3.05) is 0 Å². The number of hydrogen-bond donors (Lipinski definition) is 0. The van der Waals surface area contributed by atoms with Crippen molar-refractivity contribution in [2.45, 2.75) is 25.7 Å². The number of rotatable bonds is 0. The molecule has 1 fully saturated rings. The van der Waals surface area contributed by atoms with E-state index >= 15 is 0 Å². The summed E-state index contributed by atoms with van der Waals surface area (Å²) in [5.41, 5.74) is 0. The van der Waals surface area contributed by atoms with Gasteiger partial charge in [0, 0.05) is 0 Å². The average Bonchev–Trinajstić information content (AvgIpc) is 2.04. The minimum atomic E-state index is -1.62.